The van der Waals surface area contributed by atoms with Crippen molar-refractivity contribution in [3.05, 3.63) is 22.2 Å². The fraction of sp³-hybridized carbons (Fsp3) is 0.615. The van der Waals surface area contributed by atoms with E-state index in [9.17, 15) is 15.2 Å². The van der Waals surface area contributed by atoms with E-state index in [0.29, 0.717) is 24.7 Å². The van der Waals surface area contributed by atoms with Crippen LogP contribution < -0.4 is 10.2 Å². The molecule has 0 fully saturated rings. The fourth-order valence-corrected chi connectivity index (χ4v) is 1.81. The van der Waals surface area contributed by atoms with Gasteiger partial charge in [0.15, 0.2) is 0 Å². The van der Waals surface area contributed by atoms with Crippen LogP contribution in [-0.4, -0.2) is 40.8 Å². The minimum atomic E-state index is -0.905. The zero-order valence-electron chi connectivity index (χ0n) is 12.4. The second-order valence-electron chi connectivity index (χ2n) is 5.42. The van der Waals surface area contributed by atoms with Crippen LogP contribution in [0.2, 0.25) is 0 Å². The van der Waals surface area contributed by atoms with Crippen LogP contribution >= 0.6 is 0 Å². The molecule has 0 atom stereocenters. The Bertz CT molecular complexity index is 471. The van der Waals surface area contributed by atoms with Crippen molar-refractivity contribution in [1.82, 2.24) is 4.98 Å². The highest BCUT2D eigenvalue weighted by Crippen LogP contribution is 2.23. The molecule has 1 aromatic rings. The average Bonchev–Trinajstić information content (AvgIpc) is 2.33. The summed E-state index contributed by atoms with van der Waals surface area (Å²) in [6, 6.07) is 2.82. The van der Waals surface area contributed by atoms with Crippen molar-refractivity contribution in [2.75, 3.05) is 30.4 Å². The van der Waals surface area contributed by atoms with Crippen molar-refractivity contribution in [3.8, 4) is 0 Å². The normalized spacial score (nSPS) is 11.2. The Labute approximate surface area is 118 Å². The van der Waals surface area contributed by atoms with E-state index >= 15 is 0 Å². The van der Waals surface area contributed by atoms with E-state index in [1.807, 2.05) is 6.92 Å². The van der Waals surface area contributed by atoms with Gasteiger partial charge in [-0.05, 0) is 20.3 Å². The van der Waals surface area contributed by atoms with E-state index in [1.165, 1.54) is 12.1 Å². The first-order valence-corrected chi connectivity index (χ1v) is 6.57. The number of likely N-dealkylation sites (N-methyl/N-ethyl adjacent to an activating group) is 1. The number of nitro groups is 1. The predicted molar refractivity (Wildman–Crippen MR) is 79.2 cm³/mol. The molecule has 1 rings (SSSR count). The first-order chi connectivity index (χ1) is 9.23. The Morgan fingerprint density at radius 3 is 2.65 bits per heavy atom. The lowest BCUT2D eigenvalue weighted by Crippen LogP contribution is -2.36. The molecule has 0 bridgehead atoms. The molecule has 0 saturated heterocycles. The molecular formula is C13H22N4O3. The van der Waals surface area contributed by atoms with Gasteiger partial charge in [0.1, 0.15) is 11.6 Å². The van der Waals surface area contributed by atoms with E-state index in [2.05, 4.69) is 10.3 Å². The molecule has 0 saturated carbocycles. The minimum Gasteiger partial charge on any atom is -0.389 e. The van der Waals surface area contributed by atoms with Gasteiger partial charge in [-0.3, -0.25) is 10.1 Å². The highest BCUT2D eigenvalue weighted by atomic mass is 16.6. The molecule has 0 aliphatic rings. The SMILES string of the molecule is CCCNc1cc([N+](=O)[O-])cc(N(C)CC(C)(C)O)n1. The van der Waals surface area contributed by atoms with Crippen LogP contribution in [0.5, 0.6) is 0 Å². The van der Waals surface area contributed by atoms with E-state index in [1.54, 1.807) is 25.8 Å². The largest absolute Gasteiger partial charge is 0.389 e. The van der Waals surface area contributed by atoms with Gasteiger partial charge >= 0.3 is 0 Å². The number of aliphatic hydroxyl groups is 1. The maximum absolute atomic E-state index is 11.0. The second-order valence-corrected chi connectivity index (χ2v) is 5.42. The van der Waals surface area contributed by atoms with Gasteiger partial charge in [0.2, 0.25) is 0 Å². The van der Waals surface area contributed by atoms with Crippen molar-refractivity contribution >= 4 is 17.3 Å². The molecule has 20 heavy (non-hydrogen) atoms. The van der Waals surface area contributed by atoms with Gasteiger partial charge < -0.3 is 15.3 Å². The molecule has 0 amide bonds. The van der Waals surface area contributed by atoms with E-state index in [-0.39, 0.29) is 5.69 Å². The number of aromatic nitrogens is 1. The molecule has 0 aliphatic carbocycles. The van der Waals surface area contributed by atoms with Gasteiger partial charge in [0.25, 0.3) is 5.69 Å². The zero-order chi connectivity index (χ0) is 15.3. The molecule has 0 spiro atoms. The summed E-state index contributed by atoms with van der Waals surface area (Å²) in [5, 5.41) is 23.8. The van der Waals surface area contributed by atoms with Crippen molar-refractivity contribution in [2.45, 2.75) is 32.8 Å². The molecule has 7 heteroatoms. The Balaban J connectivity index is 3.04. The Morgan fingerprint density at radius 1 is 1.50 bits per heavy atom. The molecule has 7 nitrogen and oxygen atoms in total. The summed E-state index contributed by atoms with van der Waals surface area (Å²) in [7, 11) is 1.74. The highest BCUT2D eigenvalue weighted by Gasteiger charge is 2.19. The third-order valence-electron chi connectivity index (χ3n) is 2.58. The topological polar surface area (TPSA) is 91.5 Å². The summed E-state index contributed by atoms with van der Waals surface area (Å²) in [5.41, 5.74) is -0.922. The van der Waals surface area contributed by atoms with Crippen LogP contribution in [-0.2, 0) is 0 Å². The van der Waals surface area contributed by atoms with E-state index < -0.39 is 10.5 Å². The van der Waals surface area contributed by atoms with Crippen molar-refractivity contribution < 1.29 is 10.0 Å². The fourth-order valence-electron chi connectivity index (χ4n) is 1.81. The smallest absolute Gasteiger partial charge is 0.276 e. The number of nitrogens with zero attached hydrogens (tertiary/aromatic N) is 3. The summed E-state index contributed by atoms with van der Waals surface area (Å²) >= 11 is 0. The van der Waals surface area contributed by atoms with E-state index in [0.717, 1.165) is 6.42 Å². The van der Waals surface area contributed by atoms with Crippen molar-refractivity contribution in [3.63, 3.8) is 0 Å². The number of rotatable bonds is 7. The zero-order valence-corrected chi connectivity index (χ0v) is 12.4. The van der Waals surface area contributed by atoms with Gasteiger partial charge in [0.05, 0.1) is 22.7 Å². The average molecular weight is 282 g/mol. The molecular weight excluding hydrogens is 260 g/mol. The Kier molecular flexibility index (Phi) is 5.26. The number of nitrogens with one attached hydrogen (secondary N) is 1. The van der Waals surface area contributed by atoms with Crippen LogP contribution in [0.3, 0.4) is 0 Å². The van der Waals surface area contributed by atoms with Gasteiger partial charge in [-0.1, -0.05) is 6.92 Å². The van der Waals surface area contributed by atoms with Crippen LogP contribution in [0.4, 0.5) is 17.3 Å². The number of hydrogen-bond acceptors (Lipinski definition) is 6. The summed E-state index contributed by atoms with van der Waals surface area (Å²) in [5.74, 6) is 0.929. The summed E-state index contributed by atoms with van der Waals surface area (Å²) < 4.78 is 0. The Morgan fingerprint density at radius 2 is 2.15 bits per heavy atom. The third-order valence-corrected chi connectivity index (χ3v) is 2.58. The second kappa shape index (κ2) is 6.51. The van der Waals surface area contributed by atoms with E-state index in [4.69, 9.17) is 0 Å². The first-order valence-electron chi connectivity index (χ1n) is 6.57. The number of pyridine rings is 1. The predicted octanol–water partition coefficient (Wildman–Crippen LogP) is 2.02. The number of anilines is 2. The summed E-state index contributed by atoms with van der Waals surface area (Å²) in [4.78, 5) is 16.6. The molecule has 2 N–H and O–H groups in total. The lowest BCUT2D eigenvalue weighted by molar-refractivity contribution is -0.384. The highest BCUT2D eigenvalue weighted by molar-refractivity contribution is 5.55. The Hall–Kier alpha value is -1.89. The van der Waals surface area contributed by atoms with Crippen LogP contribution in [0, 0.1) is 10.1 Å². The quantitative estimate of drug-likeness (QED) is 0.587. The maximum Gasteiger partial charge on any atom is 0.276 e. The van der Waals surface area contributed by atoms with Gasteiger partial charge in [-0.25, -0.2) is 4.98 Å². The van der Waals surface area contributed by atoms with Gasteiger partial charge in [0, 0.05) is 20.1 Å². The summed E-state index contributed by atoms with van der Waals surface area (Å²) in [6.07, 6.45) is 0.902. The standard InChI is InChI=1S/C13H22N4O3/c1-5-6-14-11-7-10(17(19)20)8-12(15-11)16(4)9-13(2,3)18/h7-8,18H,5-6,9H2,1-4H3,(H,14,15). The van der Waals surface area contributed by atoms with Crippen LogP contribution in [0.1, 0.15) is 27.2 Å². The molecule has 0 radical (unpaired) electrons. The molecule has 1 aromatic heterocycles. The maximum atomic E-state index is 11.0. The molecule has 1 heterocycles. The van der Waals surface area contributed by atoms with Crippen LogP contribution in [0.15, 0.2) is 12.1 Å². The lowest BCUT2D eigenvalue weighted by Gasteiger charge is -2.26. The van der Waals surface area contributed by atoms with Crippen molar-refractivity contribution in [1.29, 1.82) is 0 Å². The van der Waals surface area contributed by atoms with Crippen molar-refractivity contribution in [2.24, 2.45) is 0 Å². The summed E-state index contributed by atoms with van der Waals surface area (Å²) in [6.45, 7) is 6.39. The molecule has 0 aromatic carbocycles. The first kappa shape index (κ1) is 16.2. The molecule has 0 aliphatic heterocycles. The molecule has 112 valence electrons. The third kappa shape index (κ3) is 5.00. The van der Waals surface area contributed by atoms with Gasteiger partial charge in [-0.2, -0.15) is 0 Å². The lowest BCUT2D eigenvalue weighted by atomic mass is 10.1. The minimum absolute atomic E-state index is 0.0174. The molecule has 0 unspecified atom stereocenters. The monoisotopic (exact) mass is 282 g/mol. The van der Waals surface area contributed by atoms with Crippen LogP contribution in [0.25, 0.3) is 0 Å². The van der Waals surface area contributed by atoms with Gasteiger partial charge in [-0.15, -0.1) is 0 Å². The number of hydrogen-bond donors (Lipinski definition) is 2.